The minimum Gasteiger partial charge on any atom is -0.456 e. The Bertz CT molecular complexity index is 3230. The molecule has 252 valence electrons. The smallest absolute Gasteiger partial charge is 0.164 e. The molecular weight excluding hydrogens is 661 g/mol. The highest BCUT2D eigenvalue weighted by Gasteiger charge is 2.19. The first-order valence-electron chi connectivity index (χ1n) is 18.1. The lowest BCUT2D eigenvalue weighted by Crippen LogP contribution is -2.00. The first-order valence-corrected chi connectivity index (χ1v) is 18.1. The lowest BCUT2D eigenvalue weighted by Gasteiger charge is -2.13. The van der Waals surface area contributed by atoms with Crippen molar-refractivity contribution in [2.45, 2.75) is 0 Å². The summed E-state index contributed by atoms with van der Waals surface area (Å²) in [6.45, 7) is 0. The molecule has 0 saturated carbocycles. The molecule has 3 heterocycles. The van der Waals surface area contributed by atoms with E-state index in [1.165, 1.54) is 32.6 Å². The van der Waals surface area contributed by atoms with Crippen LogP contribution in [0.15, 0.2) is 186 Å². The first-order chi connectivity index (χ1) is 26.8. The molecule has 0 saturated heterocycles. The summed E-state index contributed by atoms with van der Waals surface area (Å²) in [5.41, 5.74) is 10.1. The molecular formula is C49H30N4O. The second-order valence-corrected chi connectivity index (χ2v) is 13.6. The third-order valence-corrected chi connectivity index (χ3v) is 10.4. The fourth-order valence-corrected chi connectivity index (χ4v) is 7.96. The third-order valence-electron chi connectivity index (χ3n) is 10.4. The van der Waals surface area contributed by atoms with Crippen molar-refractivity contribution < 1.29 is 4.42 Å². The third kappa shape index (κ3) is 4.83. The van der Waals surface area contributed by atoms with Gasteiger partial charge < -0.3 is 8.98 Å². The van der Waals surface area contributed by atoms with Crippen molar-refractivity contribution in [1.82, 2.24) is 19.5 Å². The molecule has 0 spiro atoms. The molecule has 0 radical (unpaired) electrons. The average Bonchev–Trinajstić information content (AvgIpc) is 3.80. The van der Waals surface area contributed by atoms with Gasteiger partial charge in [0.15, 0.2) is 17.5 Å². The molecule has 5 nitrogen and oxygen atoms in total. The van der Waals surface area contributed by atoms with Crippen LogP contribution in [0.5, 0.6) is 0 Å². The van der Waals surface area contributed by atoms with Crippen molar-refractivity contribution in [3.63, 3.8) is 0 Å². The Labute approximate surface area is 310 Å². The van der Waals surface area contributed by atoms with Gasteiger partial charge in [0.1, 0.15) is 11.2 Å². The molecule has 0 unspecified atom stereocenters. The van der Waals surface area contributed by atoms with E-state index in [1.54, 1.807) is 0 Å². The summed E-state index contributed by atoms with van der Waals surface area (Å²) in [7, 11) is 0. The summed E-state index contributed by atoms with van der Waals surface area (Å²) in [4.78, 5) is 15.3. The van der Waals surface area contributed by atoms with Crippen LogP contribution in [0.25, 0.3) is 105 Å². The van der Waals surface area contributed by atoms with Crippen LogP contribution < -0.4 is 0 Å². The largest absolute Gasteiger partial charge is 0.456 e. The molecule has 0 aliphatic carbocycles. The minimum atomic E-state index is 0.599. The topological polar surface area (TPSA) is 56.7 Å². The molecule has 0 aliphatic heterocycles. The Morgan fingerprint density at radius 3 is 1.91 bits per heavy atom. The maximum atomic E-state index is 6.24. The summed E-state index contributed by atoms with van der Waals surface area (Å²) in [5, 5.41) is 6.97. The highest BCUT2D eigenvalue weighted by atomic mass is 16.3. The normalized spacial score (nSPS) is 11.7. The molecule has 0 amide bonds. The van der Waals surface area contributed by atoms with E-state index in [0.29, 0.717) is 17.5 Å². The van der Waals surface area contributed by atoms with Crippen LogP contribution in [-0.2, 0) is 0 Å². The number of furan rings is 1. The van der Waals surface area contributed by atoms with E-state index in [1.807, 2.05) is 60.7 Å². The average molecular weight is 691 g/mol. The van der Waals surface area contributed by atoms with Crippen LogP contribution in [0.4, 0.5) is 0 Å². The Hall–Kier alpha value is -7.37. The van der Waals surface area contributed by atoms with Crippen molar-refractivity contribution >= 4 is 54.5 Å². The van der Waals surface area contributed by atoms with E-state index < -0.39 is 0 Å². The molecule has 54 heavy (non-hydrogen) atoms. The number of benzene rings is 8. The number of hydrogen-bond acceptors (Lipinski definition) is 4. The van der Waals surface area contributed by atoms with Gasteiger partial charge in [-0.05, 0) is 52.9 Å². The van der Waals surface area contributed by atoms with Crippen LogP contribution in [0, 0.1) is 0 Å². The van der Waals surface area contributed by atoms with E-state index in [-0.39, 0.29) is 0 Å². The van der Waals surface area contributed by atoms with E-state index in [9.17, 15) is 0 Å². The van der Waals surface area contributed by atoms with Crippen molar-refractivity contribution in [3.8, 4) is 51.0 Å². The second kappa shape index (κ2) is 12.1. The quantitative estimate of drug-likeness (QED) is 0.180. The van der Waals surface area contributed by atoms with Crippen molar-refractivity contribution in [2.75, 3.05) is 0 Å². The number of rotatable bonds is 5. The molecule has 0 bridgehead atoms. The van der Waals surface area contributed by atoms with Crippen molar-refractivity contribution in [3.05, 3.63) is 182 Å². The van der Waals surface area contributed by atoms with Crippen LogP contribution in [0.1, 0.15) is 0 Å². The van der Waals surface area contributed by atoms with Crippen molar-refractivity contribution in [2.24, 2.45) is 0 Å². The number of para-hydroxylation sites is 2. The second-order valence-electron chi connectivity index (χ2n) is 13.6. The van der Waals surface area contributed by atoms with Gasteiger partial charge in [0.05, 0.1) is 11.0 Å². The van der Waals surface area contributed by atoms with Gasteiger partial charge in [0.2, 0.25) is 0 Å². The van der Waals surface area contributed by atoms with E-state index >= 15 is 0 Å². The zero-order valence-corrected chi connectivity index (χ0v) is 29.0. The van der Waals surface area contributed by atoms with Gasteiger partial charge in [-0.1, -0.05) is 146 Å². The van der Waals surface area contributed by atoms with Gasteiger partial charge in [0, 0.05) is 49.3 Å². The fourth-order valence-electron chi connectivity index (χ4n) is 7.96. The summed E-state index contributed by atoms with van der Waals surface area (Å²) in [5.74, 6) is 1.82. The maximum absolute atomic E-state index is 6.24. The minimum absolute atomic E-state index is 0.599. The van der Waals surface area contributed by atoms with E-state index in [2.05, 4.69) is 126 Å². The monoisotopic (exact) mass is 690 g/mol. The first kappa shape index (κ1) is 30.3. The summed E-state index contributed by atoms with van der Waals surface area (Å²) in [6, 6.07) is 63.4. The van der Waals surface area contributed by atoms with E-state index in [0.717, 1.165) is 55.4 Å². The number of hydrogen-bond donors (Lipinski definition) is 0. The van der Waals surface area contributed by atoms with Gasteiger partial charge >= 0.3 is 0 Å². The molecule has 5 heteroatoms. The predicted octanol–water partition coefficient (Wildman–Crippen LogP) is 12.7. The SMILES string of the molecule is c1ccc(-c2nc(-c3cccc(-c4cccc(-n5c6ccccc6c6ccc7ccccc7c65)c4)c3)nc(-c3cccc4oc5ccccc5c34)n2)cc1. The molecule has 3 aromatic heterocycles. The zero-order valence-electron chi connectivity index (χ0n) is 29.0. The number of aromatic nitrogens is 4. The van der Waals surface area contributed by atoms with Gasteiger partial charge in [-0.3, -0.25) is 0 Å². The molecule has 0 aliphatic rings. The Balaban J connectivity index is 1.08. The Kier molecular flexibility index (Phi) is 6.79. The molecule has 0 N–H and O–H groups in total. The maximum Gasteiger partial charge on any atom is 0.164 e. The molecule has 11 aromatic rings. The van der Waals surface area contributed by atoms with Crippen LogP contribution in [-0.4, -0.2) is 19.5 Å². The molecule has 0 fully saturated rings. The number of fused-ring (bicyclic) bond motifs is 8. The van der Waals surface area contributed by atoms with Gasteiger partial charge in [-0.2, -0.15) is 0 Å². The fraction of sp³-hybridized carbons (Fsp3) is 0. The van der Waals surface area contributed by atoms with Crippen LogP contribution in [0.2, 0.25) is 0 Å². The molecule has 0 atom stereocenters. The summed E-state index contributed by atoms with van der Waals surface area (Å²) >= 11 is 0. The van der Waals surface area contributed by atoms with E-state index in [4.69, 9.17) is 19.4 Å². The predicted molar refractivity (Wildman–Crippen MR) is 221 cm³/mol. The van der Waals surface area contributed by atoms with Gasteiger partial charge in [-0.25, -0.2) is 15.0 Å². The Morgan fingerprint density at radius 1 is 0.389 bits per heavy atom. The van der Waals surface area contributed by atoms with Gasteiger partial charge in [0.25, 0.3) is 0 Å². The lowest BCUT2D eigenvalue weighted by atomic mass is 10.0. The standard InChI is InChI=1S/C49H30N4O/c1-2-14-32(15-3-1)47-50-48(52-49(51-47)41-23-12-26-44-45(41)40-22-7-9-25-43(40)54-44)35-18-10-16-33(29-35)34-17-11-19-36(30-34)53-42-24-8-6-21-38(42)39-28-27-31-13-4-5-20-37(31)46(39)53/h1-30H. The summed E-state index contributed by atoms with van der Waals surface area (Å²) < 4.78 is 8.65. The van der Waals surface area contributed by atoms with Gasteiger partial charge in [-0.15, -0.1) is 0 Å². The van der Waals surface area contributed by atoms with Crippen LogP contribution in [0.3, 0.4) is 0 Å². The highest BCUT2D eigenvalue weighted by Crippen LogP contribution is 2.39. The summed E-state index contributed by atoms with van der Waals surface area (Å²) in [6.07, 6.45) is 0. The molecule has 8 aromatic carbocycles. The number of nitrogens with zero attached hydrogens (tertiary/aromatic N) is 4. The van der Waals surface area contributed by atoms with Crippen LogP contribution >= 0.6 is 0 Å². The Morgan fingerprint density at radius 2 is 1.02 bits per heavy atom. The zero-order chi connectivity index (χ0) is 35.6. The highest BCUT2D eigenvalue weighted by molar-refractivity contribution is 6.18. The lowest BCUT2D eigenvalue weighted by molar-refractivity contribution is 0.669. The molecule has 11 rings (SSSR count). The van der Waals surface area contributed by atoms with Crippen molar-refractivity contribution in [1.29, 1.82) is 0 Å².